The number of piperidine rings is 1. The summed E-state index contributed by atoms with van der Waals surface area (Å²) in [6.07, 6.45) is 6.28. The minimum Gasteiger partial charge on any atom is -0.314 e. The molecule has 0 spiro atoms. The molecule has 0 radical (unpaired) electrons. The third kappa shape index (κ3) is 4.89. The Hall–Kier alpha value is 0.270. The number of hydrogen-bond donors (Lipinski definition) is 2. The van der Waals surface area contributed by atoms with Crippen LogP contribution in [0.1, 0.15) is 26.2 Å². The van der Waals surface area contributed by atoms with Gasteiger partial charge in [-0.1, -0.05) is 13.3 Å². The van der Waals surface area contributed by atoms with Crippen LogP contribution in [0, 0.1) is 0 Å². The molecule has 2 N–H and O–H groups in total. The zero-order chi connectivity index (χ0) is 9.52. The topological polar surface area (TPSA) is 24.1 Å². The lowest BCUT2D eigenvalue weighted by Crippen LogP contribution is -2.42. The molecular formula is C10H22N2S. The molecular weight excluding hydrogens is 180 g/mol. The average molecular weight is 202 g/mol. The van der Waals surface area contributed by atoms with E-state index in [1.165, 1.54) is 25.8 Å². The molecule has 13 heavy (non-hydrogen) atoms. The van der Waals surface area contributed by atoms with E-state index in [-0.39, 0.29) is 0 Å². The van der Waals surface area contributed by atoms with Gasteiger partial charge in [0.25, 0.3) is 0 Å². The zero-order valence-corrected chi connectivity index (χ0v) is 9.62. The fourth-order valence-electron chi connectivity index (χ4n) is 1.64. The molecule has 1 saturated heterocycles. The van der Waals surface area contributed by atoms with Gasteiger partial charge in [0.2, 0.25) is 0 Å². The lowest BCUT2D eigenvalue weighted by Gasteiger charge is -2.24. The van der Waals surface area contributed by atoms with Crippen LogP contribution in [0.3, 0.4) is 0 Å². The molecule has 2 atom stereocenters. The summed E-state index contributed by atoms with van der Waals surface area (Å²) in [5, 5.41) is 7.80. The third-order valence-electron chi connectivity index (χ3n) is 2.64. The van der Waals surface area contributed by atoms with Gasteiger partial charge in [0.05, 0.1) is 0 Å². The van der Waals surface area contributed by atoms with Crippen molar-refractivity contribution in [3.05, 3.63) is 0 Å². The largest absolute Gasteiger partial charge is 0.314 e. The van der Waals surface area contributed by atoms with Crippen LogP contribution in [0.4, 0.5) is 0 Å². The molecule has 1 heterocycles. The lowest BCUT2D eigenvalue weighted by molar-refractivity contribution is 0.384. The summed E-state index contributed by atoms with van der Waals surface area (Å²) in [6, 6.07) is 0.725. The van der Waals surface area contributed by atoms with E-state index in [9.17, 15) is 0 Å². The minimum atomic E-state index is 0.725. The molecule has 0 amide bonds. The molecule has 0 bridgehead atoms. The fourth-order valence-corrected chi connectivity index (χ4v) is 1.93. The van der Waals surface area contributed by atoms with Crippen LogP contribution in [0.25, 0.3) is 0 Å². The molecule has 1 fully saturated rings. The van der Waals surface area contributed by atoms with Crippen LogP contribution in [-0.4, -0.2) is 37.2 Å². The van der Waals surface area contributed by atoms with Crippen LogP contribution in [-0.2, 0) is 0 Å². The first-order valence-corrected chi connectivity index (χ1v) is 6.58. The molecule has 2 unspecified atom stereocenters. The van der Waals surface area contributed by atoms with Crippen LogP contribution in [0.2, 0.25) is 0 Å². The highest BCUT2D eigenvalue weighted by Crippen LogP contribution is 2.06. The molecule has 1 rings (SSSR count). The summed E-state index contributed by atoms with van der Waals surface area (Å²) in [7, 11) is 0. The second kappa shape index (κ2) is 6.68. The molecule has 3 heteroatoms. The van der Waals surface area contributed by atoms with Gasteiger partial charge in [0.1, 0.15) is 0 Å². The molecule has 2 nitrogen and oxygen atoms in total. The van der Waals surface area contributed by atoms with Gasteiger partial charge in [-0.05, 0) is 25.6 Å². The normalized spacial score (nSPS) is 25.8. The van der Waals surface area contributed by atoms with Gasteiger partial charge in [-0.3, -0.25) is 0 Å². The van der Waals surface area contributed by atoms with E-state index in [1.54, 1.807) is 0 Å². The number of nitrogens with one attached hydrogen (secondary N) is 2. The maximum Gasteiger partial charge on any atom is 0.0192 e. The van der Waals surface area contributed by atoms with Crippen LogP contribution in [0.5, 0.6) is 0 Å². The Morgan fingerprint density at radius 3 is 3.00 bits per heavy atom. The Bertz CT molecular complexity index is 124. The zero-order valence-electron chi connectivity index (χ0n) is 8.81. The smallest absolute Gasteiger partial charge is 0.0192 e. The van der Waals surface area contributed by atoms with Crippen molar-refractivity contribution in [2.75, 3.05) is 25.9 Å². The van der Waals surface area contributed by atoms with E-state index in [4.69, 9.17) is 0 Å². The van der Waals surface area contributed by atoms with Gasteiger partial charge in [-0.2, -0.15) is 11.8 Å². The van der Waals surface area contributed by atoms with Crippen LogP contribution >= 0.6 is 11.8 Å². The number of hydrogen-bond acceptors (Lipinski definition) is 3. The Labute approximate surface area is 86.2 Å². The Kier molecular flexibility index (Phi) is 5.83. The Morgan fingerprint density at radius 2 is 2.38 bits per heavy atom. The highest BCUT2D eigenvalue weighted by Gasteiger charge is 2.11. The second-order valence-corrected chi connectivity index (χ2v) is 5.13. The Morgan fingerprint density at radius 1 is 1.54 bits per heavy atom. The van der Waals surface area contributed by atoms with Crippen molar-refractivity contribution in [1.29, 1.82) is 0 Å². The summed E-state index contributed by atoms with van der Waals surface area (Å²) in [4.78, 5) is 0. The monoisotopic (exact) mass is 202 g/mol. The van der Waals surface area contributed by atoms with Gasteiger partial charge in [-0.25, -0.2) is 0 Å². The van der Waals surface area contributed by atoms with Crippen molar-refractivity contribution < 1.29 is 0 Å². The van der Waals surface area contributed by atoms with Crippen molar-refractivity contribution in [2.24, 2.45) is 0 Å². The molecule has 0 saturated carbocycles. The third-order valence-corrected chi connectivity index (χ3v) is 3.61. The highest BCUT2D eigenvalue weighted by molar-refractivity contribution is 7.99. The summed E-state index contributed by atoms with van der Waals surface area (Å²) < 4.78 is 0. The van der Waals surface area contributed by atoms with Crippen molar-refractivity contribution in [1.82, 2.24) is 10.6 Å². The van der Waals surface area contributed by atoms with E-state index in [2.05, 4.69) is 23.8 Å². The standard InChI is InChI=1S/C10H22N2S/c1-9(13-2)7-11-8-10-5-3-4-6-12-10/h9-12H,3-8H2,1-2H3. The van der Waals surface area contributed by atoms with Crippen molar-refractivity contribution in [2.45, 2.75) is 37.5 Å². The van der Waals surface area contributed by atoms with Gasteiger partial charge in [-0.15, -0.1) is 0 Å². The SMILES string of the molecule is CSC(C)CNCC1CCCCN1. The van der Waals surface area contributed by atoms with E-state index >= 15 is 0 Å². The predicted molar refractivity (Wildman–Crippen MR) is 61.5 cm³/mol. The molecule has 1 aliphatic heterocycles. The summed E-state index contributed by atoms with van der Waals surface area (Å²) in [5.74, 6) is 0. The van der Waals surface area contributed by atoms with Gasteiger partial charge < -0.3 is 10.6 Å². The van der Waals surface area contributed by atoms with Gasteiger partial charge in [0.15, 0.2) is 0 Å². The first-order chi connectivity index (χ1) is 6.33. The number of thioether (sulfide) groups is 1. The average Bonchev–Trinajstić information content (AvgIpc) is 2.19. The maximum atomic E-state index is 3.54. The van der Waals surface area contributed by atoms with E-state index < -0.39 is 0 Å². The predicted octanol–water partition coefficient (Wildman–Crippen LogP) is 1.47. The second-order valence-electron chi connectivity index (χ2n) is 3.85. The molecule has 0 aromatic carbocycles. The summed E-state index contributed by atoms with van der Waals surface area (Å²) >= 11 is 1.93. The molecule has 0 aliphatic carbocycles. The molecule has 0 aromatic rings. The quantitative estimate of drug-likeness (QED) is 0.706. The minimum absolute atomic E-state index is 0.725. The first-order valence-electron chi connectivity index (χ1n) is 5.30. The van der Waals surface area contributed by atoms with Crippen LogP contribution in [0.15, 0.2) is 0 Å². The Balaban J connectivity index is 1.98. The van der Waals surface area contributed by atoms with E-state index in [0.717, 1.165) is 24.4 Å². The van der Waals surface area contributed by atoms with E-state index in [1.807, 2.05) is 11.8 Å². The van der Waals surface area contributed by atoms with Crippen molar-refractivity contribution in [3.8, 4) is 0 Å². The summed E-state index contributed by atoms with van der Waals surface area (Å²) in [5.41, 5.74) is 0. The fraction of sp³-hybridized carbons (Fsp3) is 1.00. The van der Waals surface area contributed by atoms with E-state index in [0.29, 0.717) is 0 Å². The molecule has 1 aliphatic rings. The van der Waals surface area contributed by atoms with Crippen molar-refractivity contribution >= 4 is 11.8 Å². The summed E-state index contributed by atoms with van der Waals surface area (Å²) in [6.45, 7) is 5.76. The number of rotatable bonds is 5. The first kappa shape index (κ1) is 11.3. The lowest BCUT2D eigenvalue weighted by atomic mass is 10.1. The van der Waals surface area contributed by atoms with Crippen LogP contribution < -0.4 is 10.6 Å². The van der Waals surface area contributed by atoms with Gasteiger partial charge in [0, 0.05) is 24.4 Å². The molecule has 0 aromatic heterocycles. The van der Waals surface area contributed by atoms with Crippen molar-refractivity contribution in [3.63, 3.8) is 0 Å². The molecule has 78 valence electrons. The van der Waals surface area contributed by atoms with Gasteiger partial charge >= 0.3 is 0 Å². The maximum absolute atomic E-state index is 3.54. The highest BCUT2D eigenvalue weighted by atomic mass is 32.2.